The molecule has 1 rings (SSSR count). The van der Waals surface area contributed by atoms with E-state index in [9.17, 15) is 9.18 Å². The zero-order chi connectivity index (χ0) is 12.0. The van der Waals surface area contributed by atoms with Crippen LogP contribution in [-0.2, 0) is 11.2 Å². The predicted molar refractivity (Wildman–Crippen MR) is 64.5 cm³/mol. The van der Waals surface area contributed by atoms with Crippen molar-refractivity contribution >= 4 is 21.8 Å². The third kappa shape index (κ3) is 4.28. The molecule has 0 aliphatic rings. The molecule has 16 heavy (non-hydrogen) atoms. The standard InChI is InChI=1S/C11H14BrFN2O/c12-9-3-2-8(6-10(9)13)7-11(16)15-5-1-4-14/h2-3,6H,1,4-5,7,14H2,(H,15,16). The van der Waals surface area contributed by atoms with Crippen molar-refractivity contribution in [3.05, 3.63) is 34.1 Å². The molecule has 0 aromatic heterocycles. The first-order valence-electron chi connectivity index (χ1n) is 5.04. The van der Waals surface area contributed by atoms with Gasteiger partial charge in [0.15, 0.2) is 0 Å². The number of nitrogens with two attached hydrogens (primary N) is 1. The lowest BCUT2D eigenvalue weighted by Gasteiger charge is -2.04. The zero-order valence-electron chi connectivity index (χ0n) is 8.80. The number of hydrogen-bond donors (Lipinski definition) is 2. The van der Waals surface area contributed by atoms with Crippen LogP contribution in [0.15, 0.2) is 22.7 Å². The zero-order valence-corrected chi connectivity index (χ0v) is 10.4. The topological polar surface area (TPSA) is 55.1 Å². The van der Waals surface area contributed by atoms with E-state index in [1.807, 2.05) is 0 Å². The van der Waals surface area contributed by atoms with E-state index in [1.165, 1.54) is 6.07 Å². The van der Waals surface area contributed by atoms with Crippen LogP contribution in [-0.4, -0.2) is 19.0 Å². The largest absolute Gasteiger partial charge is 0.356 e. The molecule has 0 radical (unpaired) electrons. The van der Waals surface area contributed by atoms with Gasteiger partial charge in [-0.15, -0.1) is 0 Å². The Morgan fingerprint density at radius 1 is 1.50 bits per heavy atom. The molecule has 0 bridgehead atoms. The predicted octanol–water partition coefficient (Wildman–Crippen LogP) is 1.60. The normalized spacial score (nSPS) is 10.2. The average Bonchev–Trinajstić information content (AvgIpc) is 2.24. The molecule has 0 saturated carbocycles. The van der Waals surface area contributed by atoms with Crippen molar-refractivity contribution in [1.82, 2.24) is 5.32 Å². The number of amides is 1. The van der Waals surface area contributed by atoms with E-state index in [0.717, 1.165) is 6.42 Å². The minimum atomic E-state index is -0.354. The molecule has 0 unspecified atom stereocenters. The van der Waals surface area contributed by atoms with Crippen molar-refractivity contribution in [2.45, 2.75) is 12.8 Å². The van der Waals surface area contributed by atoms with Gasteiger partial charge in [-0.2, -0.15) is 0 Å². The summed E-state index contributed by atoms with van der Waals surface area (Å²) in [5.41, 5.74) is 5.96. The molecule has 1 aromatic rings. The summed E-state index contributed by atoms with van der Waals surface area (Å²) >= 11 is 3.06. The Morgan fingerprint density at radius 2 is 2.25 bits per heavy atom. The quantitative estimate of drug-likeness (QED) is 0.809. The third-order valence-electron chi connectivity index (χ3n) is 2.05. The number of benzene rings is 1. The first kappa shape index (κ1) is 13.1. The van der Waals surface area contributed by atoms with Crippen molar-refractivity contribution in [2.24, 2.45) is 5.73 Å². The summed E-state index contributed by atoms with van der Waals surface area (Å²) in [6.07, 6.45) is 0.940. The molecule has 0 aliphatic heterocycles. The summed E-state index contributed by atoms with van der Waals surface area (Å²) < 4.78 is 13.5. The summed E-state index contributed by atoms with van der Waals surface area (Å²) in [5, 5.41) is 2.71. The Kier molecular flexibility index (Phi) is 5.42. The van der Waals surface area contributed by atoms with Gasteiger partial charge in [0, 0.05) is 6.54 Å². The lowest BCUT2D eigenvalue weighted by Crippen LogP contribution is -2.27. The fourth-order valence-corrected chi connectivity index (χ4v) is 1.47. The van der Waals surface area contributed by atoms with Crippen molar-refractivity contribution in [3.8, 4) is 0 Å². The van der Waals surface area contributed by atoms with E-state index >= 15 is 0 Å². The first-order chi connectivity index (χ1) is 7.63. The lowest BCUT2D eigenvalue weighted by atomic mass is 10.1. The Balaban J connectivity index is 2.46. The van der Waals surface area contributed by atoms with Crippen molar-refractivity contribution in [1.29, 1.82) is 0 Å². The van der Waals surface area contributed by atoms with Gasteiger partial charge >= 0.3 is 0 Å². The molecule has 3 nitrogen and oxygen atoms in total. The minimum Gasteiger partial charge on any atom is -0.356 e. The van der Waals surface area contributed by atoms with Crippen LogP contribution in [0.3, 0.4) is 0 Å². The average molecular weight is 289 g/mol. The molecular weight excluding hydrogens is 275 g/mol. The van der Waals surface area contributed by atoms with Gasteiger partial charge in [0.2, 0.25) is 5.91 Å². The Hall–Kier alpha value is -0.940. The van der Waals surface area contributed by atoms with Crippen LogP contribution in [0.25, 0.3) is 0 Å². The summed E-state index contributed by atoms with van der Waals surface area (Å²) in [6.45, 7) is 1.11. The number of halogens is 2. The second-order valence-electron chi connectivity index (χ2n) is 3.42. The molecule has 88 valence electrons. The van der Waals surface area contributed by atoms with E-state index in [0.29, 0.717) is 23.1 Å². The van der Waals surface area contributed by atoms with Gasteiger partial charge in [-0.3, -0.25) is 4.79 Å². The monoisotopic (exact) mass is 288 g/mol. The molecule has 1 aromatic carbocycles. The van der Waals surface area contributed by atoms with Crippen LogP contribution < -0.4 is 11.1 Å². The maximum absolute atomic E-state index is 13.1. The minimum absolute atomic E-state index is 0.116. The summed E-state index contributed by atoms with van der Waals surface area (Å²) in [5.74, 6) is -0.470. The molecule has 1 amide bonds. The highest BCUT2D eigenvalue weighted by atomic mass is 79.9. The number of hydrogen-bond acceptors (Lipinski definition) is 2. The van der Waals surface area contributed by atoms with Gasteiger partial charge in [0.25, 0.3) is 0 Å². The maximum Gasteiger partial charge on any atom is 0.224 e. The van der Waals surface area contributed by atoms with Crippen molar-refractivity contribution < 1.29 is 9.18 Å². The fourth-order valence-electron chi connectivity index (χ4n) is 1.23. The molecule has 0 aliphatic carbocycles. The highest BCUT2D eigenvalue weighted by Crippen LogP contribution is 2.16. The fraction of sp³-hybridized carbons (Fsp3) is 0.364. The molecule has 0 fully saturated rings. The van der Waals surface area contributed by atoms with E-state index in [4.69, 9.17) is 5.73 Å². The van der Waals surface area contributed by atoms with Gasteiger partial charge in [-0.05, 0) is 46.6 Å². The van der Waals surface area contributed by atoms with E-state index < -0.39 is 0 Å². The second-order valence-corrected chi connectivity index (χ2v) is 4.27. The van der Waals surface area contributed by atoms with Crippen LogP contribution in [0, 0.1) is 5.82 Å². The molecule has 3 N–H and O–H groups in total. The number of carbonyl (C=O) groups excluding carboxylic acids is 1. The second kappa shape index (κ2) is 6.60. The molecule has 0 heterocycles. The molecule has 0 saturated heterocycles. The van der Waals surface area contributed by atoms with Gasteiger partial charge < -0.3 is 11.1 Å². The van der Waals surface area contributed by atoms with Gasteiger partial charge in [-0.25, -0.2) is 4.39 Å². The Bertz CT molecular complexity index is 371. The van der Waals surface area contributed by atoms with Crippen molar-refractivity contribution in [3.63, 3.8) is 0 Å². The van der Waals surface area contributed by atoms with E-state index in [-0.39, 0.29) is 18.1 Å². The summed E-state index contributed by atoms with van der Waals surface area (Å²) in [7, 11) is 0. The highest BCUT2D eigenvalue weighted by molar-refractivity contribution is 9.10. The van der Waals surface area contributed by atoms with Crippen LogP contribution in [0.4, 0.5) is 4.39 Å². The van der Waals surface area contributed by atoms with Crippen LogP contribution >= 0.6 is 15.9 Å². The Morgan fingerprint density at radius 3 is 2.88 bits per heavy atom. The molecular formula is C11H14BrFN2O. The van der Waals surface area contributed by atoms with E-state index in [1.54, 1.807) is 12.1 Å². The SMILES string of the molecule is NCCCNC(=O)Cc1ccc(Br)c(F)c1. The molecule has 5 heteroatoms. The van der Waals surface area contributed by atoms with Gasteiger partial charge in [0.05, 0.1) is 10.9 Å². The highest BCUT2D eigenvalue weighted by Gasteiger charge is 2.05. The van der Waals surface area contributed by atoms with Gasteiger partial charge in [-0.1, -0.05) is 6.07 Å². The van der Waals surface area contributed by atoms with Gasteiger partial charge in [0.1, 0.15) is 5.82 Å². The van der Waals surface area contributed by atoms with Crippen LogP contribution in [0.1, 0.15) is 12.0 Å². The number of rotatable bonds is 5. The summed E-state index contributed by atoms with van der Waals surface area (Å²) in [4.78, 5) is 11.4. The first-order valence-corrected chi connectivity index (χ1v) is 5.83. The van der Waals surface area contributed by atoms with Crippen LogP contribution in [0.2, 0.25) is 0 Å². The third-order valence-corrected chi connectivity index (χ3v) is 2.69. The molecule has 0 spiro atoms. The van der Waals surface area contributed by atoms with Crippen LogP contribution in [0.5, 0.6) is 0 Å². The number of carbonyl (C=O) groups is 1. The Labute approximate surface area is 102 Å². The lowest BCUT2D eigenvalue weighted by molar-refractivity contribution is -0.120. The van der Waals surface area contributed by atoms with E-state index in [2.05, 4.69) is 21.2 Å². The summed E-state index contributed by atoms with van der Waals surface area (Å²) in [6, 6.07) is 4.67. The van der Waals surface area contributed by atoms with Crippen molar-refractivity contribution in [2.75, 3.05) is 13.1 Å². The number of nitrogens with one attached hydrogen (secondary N) is 1. The maximum atomic E-state index is 13.1. The molecule has 0 atom stereocenters. The smallest absolute Gasteiger partial charge is 0.224 e.